The molecule has 3 nitrogen and oxygen atoms in total. The van der Waals surface area contributed by atoms with E-state index in [2.05, 4.69) is 48.1 Å². The van der Waals surface area contributed by atoms with Crippen molar-refractivity contribution in [1.29, 1.82) is 0 Å². The van der Waals surface area contributed by atoms with Crippen molar-refractivity contribution in [3.63, 3.8) is 0 Å². The monoisotopic (exact) mass is 230 g/mol. The van der Waals surface area contributed by atoms with Gasteiger partial charge in [-0.2, -0.15) is 0 Å². The fraction of sp³-hybridized carbons (Fsp3) is 0.429. The Morgan fingerprint density at radius 3 is 2.88 bits per heavy atom. The molecule has 2 N–H and O–H groups in total. The lowest BCUT2D eigenvalue weighted by molar-refractivity contribution is -0.0813. The van der Waals surface area contributed by atoms with Crippen LogP contribution in [-0.2, 0) is 4.84 Å². The summed E-state index contributed by atoms with van der Waals surface area (Å²) in [6.45, 7) is 4.27. The van der Waals surface area contributed by atoms with E-state index in [1.807, 2.05) is 6.07 Å². The quantitative estimate of drug-likeness (QED) is 0.773. The third-order valence-electron chi connectivity index (χ3n) is 3.80. The van der Waals surface area contributed by atoms with Gasteiger partial charge in [0.15, 0.2) is 0 Å². The third-order valence-corrected chi connectivity index (χ3v) is 3.80. The largest absolute Gasteiger partial charge is 0.316 e. The van der Waals surface area contributed by atoms with Crippen molar-refractivity contribution in [3.05, 3.63) is 42.0 Å². The van der Waals surface area contributed by atoms with E-state index in [0.29, 0.717) is 5.92 Å². The fourth-order valence-corrected chi connectivity index (χ4v) is 2.60. The molecule has 0 aliphatic carbocycles. The highest BCUT2D eigenvalue weighted by atomic mass is 16.7. The van der Waals surface area contributed by atoms with Gasteiger partial charge in [-0.05, 0) is 24.6 Å². The molecule has 90 valence electrons. The zero-order valence-corrected chi connectivity index (χ0v) is 10.1. The van der Waals surface area contributed by atoms with Gasteiger partial charge in [0.05, 0.1) is 5.70 Å². The van der Waals surface area contributed by atoms with Crippen LogP contribution in [-0.4, -0.2) is 18.7 Å². The van der Waals surface area contributed by atoms with E-state index < -0.39 is 0 Å². The van der Waals surface area contributed by atoms with Crippen molar-refractivity contribution in [3.8, 4) is 0 Å². The molecule has 2 unspecified atom stereocenters. The van der Waals surface area contributed by atoms with Crippen molar-refractivity contribution < 1.29 is 4.84 Å². The number of rotatable bonds is 1. The van der Waals surface area contributed by atoms with Crippen LogP contribution in [0.4, 0.5) is 0 Å². The van der Waals surface area contributed by atoms with E-state index in [1.165, 1.54) is 5.56 Å². The van der Waals surface area contributed by atoms with Gasteiger partial charge in [0.2, 0.25) is 0 Å². The van der Waals surface area contributed by atoms with Crippen molar-refractivity contribution in [1.82, 2.24) is 10.8 Å². The first-order valence-corrected chi connectivity index (χ1v) is 6.23. The third kappa shape index (κ3) is 1.85. The van der Waals surface area contributed by atoms with Gasteiger partial charge in [0, 0.05) is 12.5 Å². The first kappa shape index (κ1) is 10.8. The van der Waals surface area contributed by atoms with Crippen LogP contribution in [0.1, 0.15) is 18.9 Å². The lowest BCUT2D eigenvalue weighted by Crippen LogP contribution is -2.48. The molecule has 1 spiro atoms. The Balaban J connectivity index is 1.90. The number of hydrogen-bond acceptors (Lipinski definition) is 3. The predicted molar refractivity (Wildman–Crippen MR) is 68.0 cm³/mol. The van der Waals surface area contributed by atoms with Crippen LogP contribution in [0.15, 0.2) is 36.4 Å². The molecule has 0 radical (unpaired) electrons. The molecule has 0 bridgehead atoms. The summed E-state index contributed by atoms with van der Waals surface area (Å²) in [5.74, 6) is 0.491. The van der Waals surface area contributed by atoms with E-state index >= 15 is 0 Å². The number of nitrogens with one attached hydrogen (secondary N) is 2. The molecule has 2 atom stereocenters. The minimum Gasteiger partial charge on any atom is -0.316 e. The van der Waals surface area contributed by atoms with E-state index in [1.54, 1.807) is 0 Å². The smallest absolute Gasteiger partial charge is 0.121 e. The number of benzene rings is 1. The van der Waals surface area contributed by atoms with E-state index in [-0.39, 0.29) is 5.60 Å². The SMILES string of the molecule is CC1CNCCC12C=C(c1ccccc1)NO2. The highest BCUT2D eigenvalue weighted by molar-refractivity contribution is 5.65. The van der Waals surface area contributed by atoms with Crippen LogP contribution in [0, 0.1) is 5.92 Å². The number of hydroxylamine groups is 1. The molecule has 1 saturated heterocycles. The van der Waals surface area contributed by atoms with Gasteiger partial charge in [0.25, 0.3) is 0 Å². The topological polar surface area (TPSA) is 33.3 Å². The Labute approximate surface area is 102 Å². The first-order valence-electron chi connectivity index (χ1n) is 6.23. The van der Waals surface area contributed by atoms with Crippen LogP contribution in [0.2, 0.25) is 0 Å². The van der Waals surface area contributed by atoms with E-state index in [0.717, 1.165) is 25.2 Å². The van der Waals surface area contributed by atoms with Crippen LogP contribution in [0.5, 0.6) is 0 Å². The molecular weight excluding hydrogens is 212 g/mol. The summed E-state index contributed by atoms with van der Waals surface area (Å²) >= 11 is 0. The highest BCUT2D eigenvalue weighted by Crippen LogP contribution is 2.36. The first-order chi connectivity index (χ1) is 8.30. The second-order valence-corrected chi connectivity index (χ2v) is 4.94. The Morgan fingerprint density at radius 1 is 1.29 bits per heavy atom. The van der Waals surface area contributed by atoms with E-state index in [4.69, 9.17) is 4.84 Å². The van der Waals surface area contributed by atoms with Gasteiger partial charge >= 0.3 is 0 Å². The molecule has 3 rings (SSSR count). The Kier molecular flexibility index (Phi) is 2.65. The molecule has 1 aromatic rings. The summed E-state index contributed by atoms with van der Waals surface area (Å²) in [7, 11) is 0. The summed E-state index contributed by atoms with van der Waals surface area (Å²) in [5, 5.41) is 3.40. The van der Waals surface area contributed by atoms with Crippen molar-refractivity contribution in [2.75, 3.05) is 13.1 Å². The summed E-state index contributed by atoms with van der Waals surface area (Å²) in [5.41, 5.74) is 5.26. The summed E-state index contributed by atoms with van der Waals surface area (Å²) < 4.78 is 0. The molecule has 3 heteroatoms. The fourth-order valence-electron chi connectivity index (χ4n) is 2.60. The Morgan fingerprint density at radius 2 is 2.12 bits per heavy atom. The van der Waals surface area contributed by atoms with Crippen molar-refractivity contribution in [2.45, 2.75) is 18.9 Å². The molecule has 1 fully saturated rings. The average molecular weight is 230 g/mol. The molecular formula is C14H18N2O. The van der Waals surface area contributed by atoms with Gasteiger partial charge in [-0.25, -0.2) is 0 Å². The van der Waals surface area contributed by atoms with Gasteiger partial charge in [-0.1, -0.05) is 37.3 Å². The molecule has 2 heterocycles. The summed E-state index contributed by atoms with van der Waals surface area (Å²) in [4.78, 5) is 5.88. The Bertz CT molecular complexity index is 429. The number of hydrogen-bond donors (Lipinski definition) is 2. The van der Waals surface area contributed by atoms with Gasteiger partial charge in [-0.15, -0.1) is 0 Å². The van der Waals surface area contributed by atoms with Crippen molar-refractivity contribution >= 4 is 5.70 Å². The second kappa shape index (κ2) is 4.17. The molecule has 0 aromatic heterocycles. The lowest BCUT2D eigenvalue weighted by atomic mass is 9.82. The van der Waals surface area contributed by atoms with Crippen molar-refractivity contribution in [2.24, 2.45) is 5.92 Å². The van der Waals surface area contributed by atoms with Crippen LogP contribution in [0.25, 0.3) is 5.70 Å². The summed E-state index contributed by atoms with van der Waals surface area (Å²) in [6, 6.07) is 10.3. The molecule has 0 saturated carbocycles. The zero-order valence-electron chi connectivity index (χ0n) is 10.1. The van der Waals surface area contributed by atoms with E-state index in [9.17, 15) is 0 Å². The molecule has 2 aliphatic rings. The maximum Gasteiger partial charge on any atom is 0.121 e. The summed E-state index contributed by atoms with van der Waals surface area (Å²) in [6.07, 6.45) is 3.28. The number of piperidine rings is 1. The Hall–Kier alpha value is -1.32. The minimum absolute atomic E-state index is 0.129. The highest BCUT2D eigenvalue weighted by Gasteiger charge is 2.42. The second-order valence-electron chi connectivity index (χ2n) is 4.94. The minimum atomic E-state index is -0.129. The molecule has 2 aliphatic heterocycles. The molecule has 1 aromatic carbocycles. The predicted octanol–water partition coefficient (Wildman–Crippen LogP) is 1.93. The van der Waals surface area contributed by atoms with Crippen LogP contribution < -0.4 is 10.8 Å². The zero-order chi connectivity index (χ0) is 11.7. The average Bonchev–Trinajstić information content (AvgIpc) is 2.80. The molecule has 0 amide bonds. The van der Waals surface area contributed by atoms with Gasteiger partial charge < -0.3 is 5.32 Å². The van der Waals surface area contributed by atoms with Crippen LogP contribution in [0.3, 0.4) is 0 Å². The lowest BCUT2D eigenvalue weighted by Gasteiger charge is -2.36. The molecule has 17 heavy (non-hydrogen) atoms. The van der Waals surface area contributed by atoms with Gasteiger partial charge in [-0.3, -0.25) is 10.3 Å². The van der Waals surface area contributed by atoms with Crippen LogP contribution >= 0.6 is 0 Å². The maximum absolute atomic E-state index is 5.88. The maximum atomic E-state index is 5.88. The van der Waals surface area contributed by atoms with Gasteiger partial charge in [0.1, 0.15) is 5.60 Å². The normalized spacial score (nSPS) is 32.3. The standard InChI is InChI=1S/C14H18N2O/c1-11-10-15-8-7-14(11)9-13(16-17-14)12-5-3-2-4-6-12/h2-6,9,11,15-16H,7-8,10H2,1H3.